The molecule has 0 amide bonds. The molecule has 0 fully saturated rings. The van der Waals surface area contributed by atoms with Crippen molar-refractivity contribution in [2.24, 2.45) is 0 Å². The maximum Gasteiger partial charge on any atom is 0.225 e. The number of rotatable bonds is 3. The van der Waals surface area contributed by atoms with Crippen LogP contribution in [0.15, 0.2) is 17.0 Å². The van der Waals surface area contributed by atoms with Gasteiger partial charge in [-0.05, 0) is 30.0 Å². The first kappa shape index (κ1) is 12.8. The van der Waals surface area contributed by atoms with Crippen molar-refractivity contribution in [1.82, 2.24) is 15.0 Å². The summed E-state index contributed by atoms with van der Waals surface area (Å²) in [5.74, 6) is 0.865. The van der Waals surface area contributed by atoms with Crippen molar-refractivity contribution in [3.63, 3.8) is 0 Å². The lowest BCUT2D eigenvalue weighted by Crippen LogP contribution is -2.18. The monoisotopic (exact) mass is 310 g/mol. The summed E-state index contributed by atoms with van der Waals surface area (Å²) in [7, 11) is 2.01. The summed E-state index contributed by atoms with van der Waals surface area (Å²) in [5, 5.41) is 3.34. The Balaban J connectivity index is 1.99. The van der Waals surface area contributed by atoms with E-state index < -0.39 is 0 Å². The Morgan fingerprint density at radius 3 is 2.89 bits per heavy atom. The number of aromatic nitrogens is 3. The zero-order valence-corrected chi connectivity index (χ0v) is 12.8. The summed E-state index contributed by atoms with van der Waals surface area (Å²) in [5.41, 5.74) is 2.93. The molecule has 0 saturated heterocycles. The van der Waals surface area contributed by atoms with Crippen molar-refractivity contribution >= 4 is 50.3 Å². The van der Waals surface area contributed by atoms with Crippen molar-refractivity contribution in [3.8, 4) is 0 Å². The van der Waals surface area contributed by atoms with Crippen molar-refractivity contribution in [3.05, 3.63) is 32.8 Å². The third-order valence-electron chi connectivity index (χ3n) is 2.86. The summed E-state index contributed by atoms with van der Waals surface area (Å²) in [6.07, 6.45) is 0. The van der Waals surface area contributed by atoms with Gasteiger partial charge in [-0.1, -0.05) is 0 Å². The summed E-state index contributed by atoms with van der Waals surface area (Å²) in [6.45, 7) is 2.79. The fourth-order valence-corrected chi connectivity index (χ4v) is 3.68. The van der Waals surface area contributed by atoms with Gasteiger partial charge in [0.15, 0.2) is 0 Å². The average molecular weight is 311 g/mol. The quantitative estimate of drug-likeness (QED) is 0.691. The molecular weight excluding hydrogens is 300 g/mol. The van der Waals surface area contributed by atoms with Gasteiger partial charge in [0.05, 0.1) is 23.1 Å². The van der Waals surface area contributed by atoms with E-state index in [9.17, 15) is 0 Å². The van der Waals surface area contributed by atoms with Gasteiger partial charge in [-0.2, -0.15) is 4.98 Å². The van der Waals surface area contributed by atoms with E-state index in [4.69, 9.17) is 11.6 Å². The second kappa shape index (κ2) is 5.03. The SMILES string of the molecule is Cc1ncsc1CN(C)c1nc(Cl)nc2sccc12. The summed E-state index contributed by atoms with van der Waals surface area (Å²) < 4.78 is 0. The predicted octanol–water partition coefficient (Wildman–Crippen LogP) is 3.75. The first-order valence-electron chi connectivity index (χ1n) is 5.66. The van der Waals surface area contributed by atoms with Crippen LogP contribution < -0.4 is 4.90 Å². The smallest absolute Gasteiger partial charge is 0.225 e. The second-order valence-electron chi connectivity index (χ2n) is 4.17. The van der Waals surface area contributed by atoms with Gasteiger partial charge < -0.3 is 4.90 Å². The molecule has 19 heavy (non-hydrogen) atoms. The Morgan fingerprint density at radius 1 is 1.32 bits per heavy atom. The largest absolute Gasteiger partial charge is 0.354 e. The number of hydrogen-bond acceptors (Lipinski definition) is 6. The molecule has 3 aromatic heterocycles. The maximum absolute atomic E-state index is 5.99. The zero-order chi connectivity index (χ0) is 13.4. The second-order valence-corrected chi connectivity index (χ2v) is 6.34. The first-order valence-corrected chi connectivity index (χ1v) is 7.79. The normalized spacial score (nSPS) is 11.1. The van der Waals surface area contributed by atoms with E-state index in [2.05, 4.69) is 19.9 Å². The van der Waals surface area contributed by atoms with Gasteiger partial charge >= 0.3 is 0 Å². The summed E-state index contributed by atoms with van der Waals surface area (Å²) in [6, 6.07) is 2.03. The van der Waals surface area contributed by atoms with Crippen molar-refractivity contribution in [2.45, 2.75) is 13.5 Å². The van der Waals surface area contributed by atoms with Gasteiger partial charge in [-0.25, -0.2) is 9.97 Å². The Kier molecular flexibility index (Phi) is 3.38. The molecule has 0 atom stereocenters. The molecular formula is C12H11ClN4S2. The molecule has 0 spiro atoms. The van der Waals surface area contributed by atoms with Crippen LogP contribution in [0, 0.1) is 6.92 Å². The lowest BCUT2D eigenvalue weighted by atomic mass is 10.3. The van der Waals surface area contributed by atoms with Crippen LogP contribution in [0.1, 0.15) is 10.6 Å². The van der Waals surface area contributed by atoms with Gasteiger partial charge in [0, 0.05) is 11.9 Å². The molecule has 7 heteroatoms. The van der Waals surface area contributed by atoms with Crippen LogP contribution in [0.5, 0.6) is 0 Å². The van der Waals surface area contributed by atoms with Crippen LogP contribution in [0.25, 0.3) is 10.2 Å². The maximum atomic E-state index is 5.99. The molecule has 0 unspecified atom stereocenters. The molecule has 0 aliphatic heterocycles. The van der Waals surface area contributed by atoms with Crippen LogP contribution in [0.3, 0.4) is 0 Å². The standard InChI is InChI=1S/C12H11ClN4S2/c1-7-9(19-6-14-7)5-17(2)10-8-3-4-18-11(8)16-12(13)15-10/h3-4,6H,5H2,1-2H3. The molecule has 4 nitrogen and oxygen atoms in total. The Labute approximate surface area is 123 Å². The van der Waals surface area contributed by atoms with Gasteiger partial charge in [-0.15, -0.1) is 22.7 Å². The van der Waals surface area contributed by atoms with E-state index in [1.807, 2.05) is 30.9 Å². The highest BCUT2D eigenvalue weighted by molar-refractivity contribution is 7.16. The first-order chi connectivity index (χ1) is 9.15. The fraction of sp³-hybridized carbons (Fsp3) is 0.250. The summed E-state index contributed by atoms with van der Waals surface area (Å²) >= 11 is 9.22. The molecule has 3 aromatic rings. The Bertz CT molecular complexity index is 721. The number of thiophene rings is 1. The predicted molar refractivity (Wildman–Crippen MR) is 81.4 cm³/mol. The fourth-order valence-electron chi connectivity index (χ4n) is 1.87. The molecule has 3 heterocycles. The molecule has 0 aliphatic rings. The topological polar surface area (TPSA) is 41.9 Å². The van der Waals surface area contributed by atoms with E-state index in [1.54, 1.807) is 22.7 Å². The van der Waals surface area contributed by atoms with Crippen LogP contribution in [0.4, 0.5) is 5.82 Å². The molecule has 98 valence electrons. The van der Waals surface area contributed by atoms with Gasteiger partial charge in [0.1, 0.15) is 10.6 Å². The van der Waals surface area contributed by atoms with Crippen molar-refractivity contribution < 1.29 is 0 Å². The zero-order valence-electron chi connectivity index (χ0n) is 10.4. The van der Waals surface area contributed by atoms with Gasteiger partial charge in [0.25, 0.3) is 0 Å². The number of halogens is 1. The van der Waals surface area contributed by atoms with E-state index in [-0.39, 0.29) is 5.28 Å². The van der Waals surface area contributed by atoms with E-state index in [0.29, 0.717) is 0 Å². The average Bonchev–Trinajstić information content (AvgIpc) is 2.98. The number of anilines is 1. The summed E-state index contributed by atoms with van der Waals surface area (Å²) in [4.78, 5) is 17.1. The minimum Gasteiger partial charge on any atom is -0.354 e. The van der Waals surface area contributed by atoms with E-state index >= 15 is 0 Å². The van der Waals surface area contributed by atoms with Crippen LogP contribution in [-0.2, 0) is 6.54 Å². The molecule has 0 aromatic carbocycles. The Morgan fingerprint density at radius 2 is 2.16 bits per heavy atom. The number of hydrogen-bond donors (Lipinski definition) is 0. The van der Waals surface area contributed by atoms with E-state index in [1.165, 1.54) is 4.88 Å². The van der Waals surface area contributed by atoms with Crippen molar-refractivity contribution in [2.75, 3.05) is 11.9 Å². The molecule has 0 radical (unpaired) electrons. The molecule has 0 saturated carbocycles. The third kappa shape index (κ3) is 2.43. The van der Waals surface area contributed by atoms with Gasteiger partial charge in [0.2, 0.25) is 5.28 Å². The highest BCUT2D eigenvalue weighted by Gasteiger charge is 2.13. The lowest BCUT2D eigenvalue weighted by Gasteiger charge is -2.18. The molecule has 0 aliphatic carbocycles. The van der Waals surface area contributed by atoms with Crippen LogP contribution in [0.2, 0.25) is 5.28 Å². The molecule has 0 bridgehead atoms. The van der Waals surface area contributed by atoms with Gasteiger partial charge in [-0.3, -0.25) is 0 Å². The number of fused-ring (bicyclic) bond motifs is 1. The van der Waals surface area contributed by atoms with E-state index in [0.717, 1.165) is 28.3 Å². The third-order valence-corrected chi connectivity index (χ3v) is 4.76. The number of thiazole rings is 1. The lowest BCUT2D eigenvalue weighted by molar-refractivity contribution is 0.904. The number of nitrogens with zero attached hydrogens (tertiary/aromatic N) is 4. The molecule has 3 rings (SSSR count). The van der Waals surface area contributed by atoms with Crippen molar-refractivity contribution in [1.29, 1.82) is 0 Å². The highest BCUT2D eigenvalue weighted by Crippen LogP contribution is 2.29. The van der Waals surface area contributed by atoms with Crippen LogP contribution >= 0.6 is 34.3 Å². The Hall–Kier alpha value is -1.24. The highest BCUT2D eigenvalue weighted by atomic mass is 35.5. The molecule has 0 N–H and O–H groups in total. The van der Waals surface area contributed by atoms with Crippen LogP contribution in [-0.4, -0.2) is 22.0 Å². The minimum absolute atomic E-state index is 0.290. The number of aryl methyl sites for hydroxylation is 1. The minimum atomic E-state index is 0.290.